The van der Waals surface area contributed by atoms with E-state index in [4.69, 9.17) is 17.3 Å². The third kappa shape index (κ3) is 3.96. The van der Waals surface area contributed by atoms with Crippen LogP contribution in [-0.2, 0) is 0 Å². The molecule has 0 fully saturated rings. The highest BCUT2D eigenvalue weighted by molar-refractivity contribution is 7.99. The first-order valence-corrected chi connectivity index (χ1v) is 7.32. The molecule has 1 nitrogen and oxygen atoms in total. The maximum Gasteiger partial charge on any atom is 0.126 e. The van der Waals surface area contributed by atoms with E-state index in [1.54, 1.807) is 30.8 Å². The fraction of sp³-hybridized carbons (Fsp3) is 0.200. The van der Waals surface area contributed by atoms with E-state index in [1.165, 1.54) is 6.07 Å². The zero-order valence-electron chi connectivity index (χ0n) is 10.6. The van der Waals surface area contributed by atoms with Crippen molar-refractivity contribution in [1.82, 2.24) is 0 Å². The molecule has 0 aliphatic carbocycles. The average molecular weight is 296 g/mol. The molecule has 2 rings (SSSR count). The Morgan fingerprint density at radius 2 is 2.05 bits per heavy atom. The van der Waals surface area contributed by atoms with Gasteiger partial charge in [-0.3, -0.25) is 0 Å². The third-order valence-corrected chi connectivity index (χ3v) is 4.18. The third-order valence-electron chi connectivity index (χ3n) is 2.84. The monoisotopic (exact) mass is 295 g/mol. The fourth-order valence-corrected chi connectivity index (χ4v) is 2.94. The van der Waals surface area contributed by atoms with Crippen molar-refractivity contribution in [1.29, 1.82) is 0 Å². The van der Waals surface area contributed by atoms with Crippen LogP contribution in [0.1, 0.15) is 17.2 Å². The molecule has 1 atom stereocenters. The van der Waals surface area contributed by atoms with Crippen LogP contribution >= 0.6 is 23.4 Å². The quantitative estimate of drug-likeness (QED) is 0.836. The number of rotatable bonds is 4. The Kier molecular flexibility index (Phi) is 4.86. The van der Waals surface area contributed by atoms with Crippen LogP contribution < -0.4 is 5.73 Å². The van der Waals surface area contributed by atoms with Crippen LogP contribution in [0.15, 0.2) is 47.4 Å². The summed E-state index contributed by atoms with van der Waals surface area (Å²) in [5.41, 5.74) is 7.70. The lowest BCUT2D eigenvalue weighted by atomic mass is 10.1. The molecule has 100 valence electrons. The van der Waals surface area contributed by atoms with E-state index in [0.717, 1.165) is 21.2 Å². The second-order valence-corrected chi connectivity index (χ2v) is 5.91. The molecule has 0 heterocycles. The molecule has 0 saturated heterocycles. The summed E-state index contributed by atoms with van der Waals surface area (Å²) in [6, 6.07) is 12.6. The summed E-state index contributed by atoms with van der Waals surface area (Å²) in [6.07, 6.45) is 0. The molecular formula is C15H15ClFNS. The molecule has 0 bridgehead atoms. The molecule has 2 N–H and O–H groups in total. The van der Waals surface area contributed by atoms with Crippen molar-refractivity contribution >= 4 is 23.4 Å². The van der Waals surface area contributed by atoms with E-state index in [1.807, 2.05) is 24.3 Å². The minimum absolute atomic E-state index is 0.122. The molecule has 0 aliphatic heterocycles. The van der Waals surface area contributed by atoms with Crippen LogP contribution in [0.5, 0.6) is 0 Å². The van der Waals surface area contributed by atoms with Crippen LogP contribution in [-0.4, -0.2) is 5.75 Å². The lowest BCUT2D eigenvalue weighted by Crippen LogP contribution is -2.13. The first kappa shape index (κ1) is 14.4. The standard InChI is InChI=1S/C15H15ClFNS/c1-10-7-11(5-6-14(10)17)15(18)9-19-13-4-2-3-12(16)8-13/h2-8,15H,9,18H2,1H3. The molecule has 0 aromatic heterocycles. The summed E-state index contributed by atoms with van der Waals surface area (Å²) in [6.45, 7) is 1.75. The van der Waals surface area contributed by atoms with Gasteiger partial charge in [-0.05, 0) is 42.3 Å². The summed E-state index contributed by atoms with van der Waals surface area (Å²) in [4.78, 5) is 1.08. The summed E-state index contributed by atoms with van der Waals surface area (Å²) in [7, 11) is 0. The summed E-state index contributed by atoms with van der Waals surface area (Å²) in [5, 5.41) is 0.719. The van der Waals surface area contributed by atoms with Crippen LogP contribution in [0.2, 0.25) is 5.02 Å². The zero-order chi connectivity index (χ0) is 13.8. The topological polar surface area (TPSA) is 26.0 Å². The maximum absolute atomic E-state index is 13.2. The van der Waals surface area contributed by atoms with Crippen LogP contribution in [0, 0.1) is 12.7 Å². The summed E-state index contributed by atoms with van der Waals surface area (Å²) >= 11 is 7.57. The molecular weight excluding hydrogens is 281 g/mol. The van der Waals surface area contributed by atoms with Gasteiger partial charge in [0.2, 0.25) is 0 Å². The maximum atomic E-state index is 13.2. The highest BCUT2D eigenvalue weighted by atomic mass is 35.5. The van der Waals surface area contributed by atoms with Gasteiger partial charge >= 0.3 is 0 Å². The largest absolute Gasteiger partial charge is 0.323 e. The van der Waals surface area contributed by atoms with Gasteiger partial charge in [0.25, 0.3) is 0 Å². The minimum atomic E-state index is -0.196. The molecule has 2 aromatic rings. The van der Waals surface area contributed by atoms with Gasteiger partial charge in [-0.15, -0.1) is 11.8 Å². The van der Waals surface area contributed by atoms with Gasteiger partial charge in [0.1, 0.15) is 5.82 Å². The number of thioether (sulfide) groups is 1. The predicted molar refractivity (Wildman–Crippen MR) is 80.2 cm³/mol. The molecule has 1 unspecified atom stereocenters. The zero-order valence-corrected chi connectivity index (χ0v) is 12.1. The van der Waals surface area contributed by atoms with E-state index in [0.29, 0.717) is 5.56 Å². The normalized spacial score (nSPS) is 12.4. The van der Waals surface area contributed by atoms with Crippen molar-refractivity contribution in [3.05, 3.63) is 64.4 Å². The first-order valence-electron chi connectivity index (χ1n) is 5.96. The van der Waals surface area contributed by atoms with Crippen molar-refractivity contribution < 1.29 is 4.39 Å². The molecule has 0 aliphatic rings. The van der Waals surface area contributed by atoms with Crippen LogP contribution in [0.4, 0.5) is 4.39 Å². The van der Waals surface area contributed by atoms with Gasteiger partial charge < -0.3 is 5.73 Å². The molecule has 0 amide bonds. The number of aryl methyl sites for hydroxylation is 1. The summed E-state index contributed by atoms with van der Waals surface area (Å²) in [5.74, 6) is 0.532. The number of hydrogen-bond donors (Lipinski definition) is 1. The number of hydrogen-bond acceptors (Lipinski definition) is 2. The first-order chi connectivity index (χ1) is 9.06. The van der Waals surface area contributed by atoms with E-state index in [-0.39, 0.29) is 11.9 Å². The Balaban J connectivity index is 2.01. The van der Waals surface area contributed by atoms with E-state index in [2.05, 4.69) is 0 Å². The SMILES string of the molecule is Cc1cc(C(N)CSc2cccc(Cl)c2)ccc1F. The predicted octanol–water partition coefficient (Wildman–Crippen LogP) is 4.58. The highest BCUT2D eigenvalue weighted by Gasteiger charge is 2.08. The lowest BCUT2D eigenvalue weighted by Gasteiger charge is -2.12. The number of nitrogens with two attached hydrogens (primary N) is 1. The minimum Gasteiger partial charge on any atom is -0.323 e. The molecule has 0 radical (unpaired) electrons. The highest BCUT2D eigenvalue weighted by Crippen LogP contribution is 2.26. The van der Waals surface area contributed by atoms with Crippen molar-refractivity contribution in [3.63, 3.8) is 0 Å². The Morgan fingerprint density at radius 1 is 1.26 bits per heavy atom. The van der Waals surface area contributed by atoms with Crippen molar-refractivity contribution in [3.8, 4) is 0 Å². The van der Waals surface area contributed by atoms with E-state index < -0.39 is 0 Å². The van der Waals surface area contributed by atoms with Gasteiger partial charge in [-0.2, -0.15) is 0 Å². The van der Waals surface area contributed by atoms with Crippen LogP contribution in [0.25, 0.3) is 0 Å². The van der Waals surface area contributed by atoms with Crippen molar-refractivity contribution in [2.45, 2.75) is 17.9 Å². The Bertz CT molecular complexity index is 574. The second-order valence-electron chi connectivity index (χ2n) is 4.38. The second kappa shape index (κ2) is 6.42. The molecule has 0 spiro atoms. The molecule has 0 saturated carbocycles. The van der Waals surface area contributed by atoms with Gasteiger partial charge in [0.05, 0.1) is 0 Å². The average Bonchev–Trinajstić information content (AvgIpc) is 2.39. The van der Waals surface area contributed by atoms with Crippen LogP contribution in [0.3, 0.4) is 0 Å². The van der Waals surface area contributed by atoms with Crippen molar-refractivity contribution in [2.75, 3.05) is 5.75 Å². The van der Waals surface area contributed by atoms with Gasteiger partial charge in [-0.1, -0.05) is 29.8 Å². The Hall–Kier alpha value is -1.03. The van der Waals surface area contributed by atoms with Gasteiger partial charge in [-0.25, -0.2) is 4.39 Å². The van der Waals surface area contributed by atoms with E-state index in [9.17, 15) is 4.39 Å². The molecule has 19 heavy (non-hydrogen) atoms. The van der Waals surface area contributed by atoms with Gasteiger partial charge in [0, 0.05) is 21.7 Å². The molecule has 2 aromatic carbocycles. The lowest BCUT2D eigenvalue weighted by molar-refractivity contribution is 0.616. The Morgan fingerprint density at radius 3 is 2.74 bits per heavy atom. The van der Waals surface area contributed by atoms with Gasteiger partial charge in [0.15, 0.2) is 0 Å². The van der Waals surface area contributed by atoms with E-state index >= 15 is 0 Å². The summed E-state index contributed by atoms with van der Waals surface area (Å²) < 4.78 is 13.2. The smallest absolute Gasteiger partial charge is 0.126 e. The van der Waals surface area contributed by atoms with Crippen molar-refractivity contribution in [2.24, 2.45) is 5.73 Å². The number of halogens is 2. The molecule has 4 heteroatoms. The Labute approximate surface area is 122 Å². The number of benzene rings is 2. The fourth-order valence-electron chi connectivity index (χ4n) is 1.74.